The van der Waals surface area contributed by atoms with Gasteiger partial charge >= 0.3 is 0 Å². The molecule has 0 aliphatic heterocycles. The van der Waals surface area contributed by atoms with Gasteiger partial charge in [0.05, 0.1) is 12.2 Å². The fourth-order valence-electron chi connectivity index (χ4n) is 2.05. The van der Waals surface area contributed by atoms with Crippen LogP contribution in [0.25, 0.3) is 11.3 Å². The molecule has 1 aromatic carbocycles. The lowest BCUT2D eigenvalue weighted by atomic mass is 10.1. The molecule has 22 heavy (non-hydrogen) atoms. The first kappa shape index (κ1) is 16.5. The predicted molar refractivity (Wildman–Crippen MR) is 88.3 cm³/mol. The van der Waals surface area contributed by atoms with E-state index in [0.717, 1.165) is 16.9 Å². The van der Waals surface area contributed by atoms with Crippen molar-refractivity contribution in [2.45, 2.75) is 6.29 Å². The molecule has 0 radical (unpaired) electrons. The Labute approximate surface area is 134 Å². The summed E-state index contributed by atoms with van der Waals surface area (Å²) in [5, 5.41) is 6.98. The molecule has 1 aromatic heterocycles. The topological polar surface area (TPSA) is 68.3 Å². The summed E-state index contributed by atoms with van der Waals surface area (Å²) >= 11 is 6.06. The van der Waals surface area contributed by atoms with Gasteiger partial charge in [-0.2, -0.15) is 0 Å². The van der Waals surface area contributed by atoms with Crippen molar-refractivity contribution in [1.82, 2.24) is 9.97 Å². The maximum Gasteiger partial charge on any atom is 0.173 e. The van der Waals surface area contributed by atoms with E-state index < -0.39 is 0 Å². The summed E-state index contributed by atoms with van der Waals surface area (Å²) in [6, 6.07) is 7.53. The van der Waals surface area contributed by atoms with Crippen molar-refractivity contribution in [2.75, 3.05) is 38.4 Å². The zero-order valence-electron chi connectivity index (χ0n) is 12.8. The largest absolute Gasteiger partial charge is 0.383 e. The third kappa shape index (κ3) is 3.85. The second-order valence-electron chi connectivity index (χ2n) is 4.49. The number of aromatic nitrogens is 2. The summed E-state index contributed by atoms with van der Waals surface area (Å²) in [6.07, 6.45) is 1.16. The minimum Gasteiger partial charge on any atom is -0.383 e. The summed E-state index contributed by atoms with van der Waals surface area (Å²) in [6.45, 7) is 0.466. The Morgan fingerprint density at radius 1 is 1.23 bits per heavy atom. The predicted octanol–water partition coefficient (Wildman–Crippen LogP) is 2.87. The molecule has 0 unspecified atom stereocenters. The van der Waals surface area contributed by atoms with E-state index in [4.69, 9.17) is 21.1 Å². The van der Waals surface area contributed by atoms with Gasteiger partial charge in [0.15, 0.2) is 12.1 Å². The highest BCUT2D eigenvalue weighted by molar-refractivity contribution is 6.30. The van der Waals surface area contributed by atoms with Crippen LogP contribution in [0.2, 0.25) is 5.02 Å². The third-order valence-corrected chi connectivity index (χ3v) is 3.39. The van der Waals surface area contributed by atoms with Crippen molar-refractivity contribution in [3.63, 3.8) is 0 Å². The normalized spacial score (nSPS) is 10.8. The van der Waals surface area contributed by atoms with Crippen LogP contribution < -0.4 is 10.6 Å². The average molecular weight is 323 g/mol. The van der Waals surface area contributed by atoms with Gasteiger partial charge < -0.3 is 20.1 Å². The van der Waals surface area contributed by atoms with Crippen LogP contribution in [-0.2, 0) is 9.47 Å². The molecular weight excluding hydrogens is 304 g/mol. The van der Waals surface area contributed by atoms with E-state index in [0.29, 0.717) is 17.4 Å². The van der Waals surface area contributed by atoms with Gasteiger partial charge in [0.1, 0.15) is 12.0 Å². The number of hydrogen-bond acceptors (Lipinski definition) is 6. The molecule has 1 heterocycles. The van der Waals surface area contributed by atoms with Gasteiger partial charge in [0.2, 0.25) is 0 Å². The molecule has 6 nitrogen and oxygen atoms in total. The summed E-state index contributed by atoms with van der Waals surface area (Å²) in [4.78, 5) is 8.62. The number of rotatable bonds is 7. The first-order valence-electron chi connectivity index (χ1n) is 6.77. The second-order valence-corrected chi connectivity index (χ2v) is 4.92. The van der Waals surface area contributed by atoms with Crippen molar-refractivity contribution >= 4 is 23.1 Å². The molecule has 2 rings (SSSR count). The van der Waals surface area contributed by atoms with E-state index in [1.54, 1.807) is 14.2 Å². The quantitative estimate of drug-likeness (QED) is 0.764. The Morgan fingerprint density at radius 2 is 2.00 bits per heavy atom. The molecule has 0 spiro atoms. The average Bonchev–Trinajstić information content (AvgIpc) is 2.55. The van der Waals surface area contributed by atoms with Gasteiger partial charge in [0, 0.05) is 31.9 Å². The number of benzene rings is 1. The Kier molecular flexibility index (Phi) is 5.94. The highest BCUT2D eigenvalue weighted by Crippen LogP contribution is 2.31. The van der Waals surface area contributed by atoms with Crippen LogP contribution in [-0.4, -0.2) is 44.1 Å². The minimum absolute atomic E-state index is 0.353. The lowest BCUT2D eigenvalue weighted by Crippen LogP contribution is -2.24. The Hall–Kier alpha value is -1.89. The van der Waals surface area contributed by atoms with E-state index in [-0.39, 0.29) is 6.29 Å². The third-order valence-electron chi connectivity index (χ3n) is 3.16. The smallest absolute Gasteiger partial charge is 0.173 e. The molecule has 0 saturated carbocycles. The van der Waals surface area contributed by atoms with E-state index in [2.05, 4.69) is 20.6 Å². The van der Waals surface area contributed by atoms with Gasteiger partial charge in [-0.1, -0.05) is 23.7 Å². The molecule has 0 aliphatic rings. The number of anilines is 2. The standard InChI is InChI=1S/C15H19ClN4O2/c1-17-14-13(10-5-4-6-11(16)7-10)19-9-20-15(14)18-8-12(21-2)22-3/h4-7,9,12,17H,8H2,1-3H3,(H,18,19,20). The minimum atomic E-state index is -0.353. The number of methoxy groups -OCH3 is 2. The van der Waals surface area contributed by atoms with E-state index in [9.17, 15) is 0 Å². The summed E-state index contributed by atoms with van der Waals surface area (Å²) < 4.78 is 10.3. The number of halogens is 1. The molecule has 0 amide bonds. The summed E-state index contributed by atoms with van der Waals surface area (Å²) in [5.41, 5.74) is 2.47. The van der Waals surface area contributed by atoms with Crippen molar-refractivity contribution in [3.8, 4) is 11.3 Å². The molecular formula is C15H19ClN4O2. The first-order chi connectivity index (χ1) is 10.7. The van der Waals surface area contributed by atoms with Gasteiger partial charge in [-0.3, -0.25) is 0 Å². The summed E-state index contributed by atoms with van der Waals surface area (Å²) in [7, 11) is 5.00. The zero-order valence-corrected chi connectivity index (χ0v) is 13.5. The fraction of sp³-hybridized carbons (Fsp3) is 0.333. The lowest BCUT2D eigenvalue weighted by Gasteiger charge is -2.17. The van der Waals surface area contributed by atoms with Crippen molar-refractivity contribution in [1.29, 1.82) is 0 Å². The van der Waals surface area contributed by atoms with Gasteiger partial charge in [0.25, 0.3) is 0 Å². The van der Waals surface area contributed by atoms with Gasteiger partial charge in [-0.05, 0) is 12.1 Å². The Bertz CT molecular complexity index is 620. The van der Waals surface area contributed by atoms with Gasteiger partial charge in [-0.15, -0.1) is 0 Å². The van der Waals surface area contributed by atoms with Crippen LogP contribution >= 0.6 is 11.6 Å². The maximum absolute atomic E-state index is 6.06. The molecule has 0 aliphatic carbocycles. The molecule has 118 valence electrons. The highest BCUT2D eigenvalue weighted by Gasteiger charge is 2.13. The van der Waals surface area contributed by atoms with Gasteiger partial charge in [-0.25, -0.2) is 9.97 Å². The van der Waals surface area contributed by atoms with Crippen LogP contribution in [0.5, 0.6) is 0 Å². The van der Waals surface area contributed by atoms with Crippen LogP contribution in [0.4, 0.5) is 11.5 Å². The van der Waals surface area contributed by atoms with Crippen molar-refractivity contribution in [2.24, 2.45) is 0 Å². The van der Waals surface area contributed by atoms with Crippen molar-refractivity contribution < 1.29 is 9.47 Å². The zero-order chi connectivity index (χ0) is 15.9. The van der Waals surface area contributed by atoms with Crippen LogP contribution in [0.1, 0.15) is 0 Å². The highest BCUT2D eigenvalue weighted by atomic mass is 35.5. The van der Waals surface area contributed by atoms with Crippen molar-refractivity contribution in [3.05, 3.63) is 35.6 Å². The molecule has 0 atom stereocenters. The van der Waals surface area contributed by atoms with Crippen LogP contribution in [0.15, 0.2) is 30.6 Å². The first-order valence-corrected chi connectivity index (χ1v) is 7.15. The molecule has 2 N–H and O–H groups in total. The van der Waals surface area contributed by atoms with Crippen LogP contribution in [0, 0.1) is 0 Å². The second kappa shape index (κ2) is 7.93. The number of hydrogen-bond donors (Lipinski definition) is 2. The molecule has 2 aromatic rings. The number of nitrogens with zero attached hydrogens (tertiary/aromatic N) is 2. The molecule has 0 saturated heterocycles. The fourth-order valence-corrected chi connectivity index (χ4v) is 2.24. The van der Waals surface area contributed by atoms with E-state index in [1.807, 2.05) is 31.3 Å². The Morgan fingerprint density at radius 3 is 2.64 bits per heavy atom. The molecule has 7 heteroatoms. The van der Waals surface area contributed by atoms with E-state index >= 15 is 0 Å². The Balaban J connectivity index is 2.31. The molecule has 0 fully saturated rings. The SMILES string of the molecule is CNc1c(NCC(OC)OC)ncnc1-c1cccc(Cl)c1. The number of nitrogens with one attached hydrogen (secondary N) is 2. The van der Waals surface area contributed by atoms with E-state index in [1.165, 1.54) is 6.33 Å². The van der Waals surface area contributed by atoms with Crippen LogP contribution in [0.3, 0.4) is 0 Å². The summed E-state index contributed by atoms with van der Waals surface area (Å²) in [5.74, 6) is 0.673. The number of ether oxygens (including phenoxy) is 2. The lowest BCUT2D eigenvalue weighted by molar-refractivity contribution is -0.0914. The monoisotopic (exact) mass is 322 g/mol. The molecule has 0 bridgehead atoms. The maximum atomic E-state index is 6.06.